The quantitative estimate of drug-likeness (QED) is 0.902. The van der Waals surface area contributed by atoms with E-state index in [0.717, 1.165) is 24.2 Å². The molecule has 1 saturated heterocycles. The van der Waals surface area contributed by atoms with Crippen molar-refractivity contribution in [3.8, 4) is 11.5 Å². The number of halogens is 1. The van der Waals surface area contributed by atoms with Gasteiger partial charge in [-0.25, -0.2) is 4.39 Å². The topological polar surface area (TPSA) is 71.3 Å². The Bertz CT molecular complexity index is 757. The van der Waals surface area contributed by atoms with Gasteiger partial charge in [-0.2, -0.15) is 4.98 Å². The minimum absolute atomic E-state index is 0.107. The fourth-order valence-electron chi connectivity index (χ4n) is 3.32. The zero-order chi connectivity index (χ0) is 17.4. The van der Waals surface area contributed by atoms with Gasteiger partial charge in [0.05, 0.1) is 6.54 Å². The van der Waals surface area contributed by atoms with Crippen LogP contribution < -0.4 is 5.32 Å². The Morgan fingerprint density at radius 1 is 1.36 bits per heavy atom. The maximum absolute atomic E-state index is 13.7. The van der Waals surface area contributed by atoms with Crippen molar-refractivity contribution in [3.63, 3.8) is 0 Å². The van der Waals surface area contributed by atoms with E-state index < -0.39 is 6.17 Å². The van der Waals surface area contributed by atoms with Crippen LogP contribution in [0.1, 0.15) is 41.4 Å². The van der Waals surface area contributed by atoms with Crippen molar-refractivity contribution in [3.05, 3.63) is 35.7 Å². The highest BCUT2D eigenvalue weighted by Crippen LogP contribution is 2.38. The minimum Gasteiger partial charge on any atom is -0.334 e. The second kappa shape index (κ2) is 6.55. The zero-order valence-corrected chi connectivity index (χ0v) is 14.1. The third-order valence-electron chi connectivity index (χ3n) is 4.83. The summed E-state index contributed by atoms with van der Waals surface area (Å²) in [7, 11) is 1.81. The Labute approximate surface area is 145 Å². The summed E-state index contributed by atoms with van der Waals surface area (Å²) in [5, 5.41) is 7.03. The predicted octanol–water partition coefficient (Wildman–Crippen LogP) is 2.39. The average molecular weight is 344 g/mol. The minimum atomic E-state index is -0.958. The van der Waals surface area contributed by atoms with Crippen molar-refractivity contribution in [2.75, 3.05) is 20.1 Å². The van der Waals surface area contributed by atoms with Crippen LogP contribution in [0.5, 0.6) is 0 Å². The molecule has 0 radical (unpaired) electrons. The molecule has 132 valence electrons. The molecule has 2 fully saturated rings. The molecule has 2 atom stereocenters. The van der Waals surface area contributed by atoms with E-state index >= 15 is 0 Å². The third-order valence-corrected chi connectivity index (χ3v) is 4.83. The van der Waals surface area contributed by atoms with Crippen LogP contribution in [-0.2, 0) is 0 Å². The summed E-state index contributed by atoms with van der Waals surface area (Å²) in [6, 6.07) is 6.96. The fourth-order valence-corrected chi connectivity index (χ4v) is 3.32. The molecule has 1 saturated carbocycles. The number of hydrogen-bond donors (Lipinski definition) is 1. The van der Waals surface area contributed by atoms with E-state index in [0.29, 0.717) is 30.3 Å². The van der Waals surface area contributed by atoms with Crippen molar-refractivity contribution in [2.24, 2.45) is 0 Å². The normalized spacial score (nSPS) is 23.2. The summed E-state index contributed by atoms with van der Waals surface area (Å²) < 4.78 is 19.0. The molecular formula is C18H21FN4O2. The molecule has 0 unspecified atom stereocenters. The lowest BCUT2D eigenvalue weighted by atomic mass is 10.1. The van der Waals surface area contributed by atoms with Crippen molar-refractivity contribution in [2.45, 2.75) is 37.4 Å². The lowest BCUT2D eigenvalue weighted by Gasteiger charge is -2.24. The van der Waals surface area contributed by atoms with E-state index in [4.69, 9.17) is 4.52 Å². The molecule has 1 aliphatic heterocycles. The van der Waals surface area contributed by atoms with Crippen LogP contribution in [0, 0.1) is 0 Å². The number of likely N-dealkylation sites (N-methyl/N-ethyl adjacent to an activating group) is 1. The van der Waals surface area contributed by atoms with Gasteiger partial charge in [-0.1, -0.05) is 5.16 Å². The van der Waals surface area contributed by atoms with Crippen molar-refractivity contribution in [1.82, 2.24) is 20.4 Å². The maximum atomic E-state index is 13.7. The number of likely N-dealkylation sites (tertiary alicyclic amines) is 1. The van der Waals surface area contributed by atoms with E-state index in [-0.39, 0.29) is 18.5 Å². The van der Waals surface area contributed by atoms with Gasteiger partial charge in [0.15, 0.2) is 5.82 Å². The maximum Gasteiger partial charge on any atom is 0.257 e. The first-order chi connectivity index (χ1) is 12.2. The molecule has 2 aliphatic rings. The Morgan fingerprint density at radius 3 is 2.80 bits per heavy atom. The van der Waals surface area contributed by atoms with Crippen LogP contribution in [0.25, 0.3) is 11.5 Å². The lowest BCUT2D eigenvalue weighted by Crippen LogP contribution is -2.40. The lowest BCUT2D eigenvalue weighted by molar-refractivity contribution is 0.0730. The highest BCUT2D eigenvalue weighted by atomic mass is 19.1. The number of rotatable bonds is 5. The SMILES string of the molecule is CNC[C@@H]1C[C@H](F)CN1C(=O)c1ccc(-c2nc(C3CC3)no2)cc1. The van der Waals surface area contributed by atoms with Crippen LogP contribution in [0.4, 0.5) is 4.39 Å². The molecule has 7 heteroatoms. The molecule has 4 rings (SSSR count). The molecule has 1 aliphatic carbocycles. The second-order valence-corrected chi connectivity index (χ2v) is 6.81. The molecule has 2 heterocycles. The van der Waals surface area contributed by atoms with Crippen LogP contribution in [0.2, 0.25) is 0 Å². The van der Waals surface area contributed by atoms with Gasteiger partial charge in [0.1, 0.15) is 6.17 Å². The van der Waals surface area contributed by atoms with Gasteiger partial charge in [0.2, 0.25) is 0 Å². The Hall–Kier alpha value is -2.28. The summed E-state index contributed by atoms with van der Waals surface area (Å²) in [6.45, 7) is 0.748. The first kappa shape index (κ1) is 16.2. The van der Waals surface area contributed by atoms with Crippen LogP contribution in [-0.4, -0.2) is 53.3 Å². The number of aromatic nitrogens is 2. The molecule has 25 heavy (non-hydrogen) atoms. The van der Waals surface area contributed by atoms with Crippen molar-refractivity contribution < 1.29 is 13.7 Å². The Balaban J connectivity index is 1.49. The number of amides is 1. The molecule has 1 aromatic heterocycles. The van der Waals surface area contributed by atoms with Crippen molar-refractivity contribution >= 4 is 5.91 Å². The van der Waals surface area contributed by atoms with E-state index in [2.05, 4.69) is 15.5 Å². The summed E-state index contributed by atoms with van der Waals surface area (Å²) in [5.41, 5.74) is 1.33. The van der Waals surface area contributed by atoms with Gasteiger partial charge in [-0.05, 0) is 44.2 Å². The van der Waals surface area contributed by atoms with E-state index in [1.54, 1.807) is 29.2 Å². The number of hydrogen-bond acceptors (Lipinski definition) is 5. The largest absolute Gasteiger partial charge is 0.334 e. The number of carbonyl (C=O) groups is 1. The number of nitrogens with zero attached hydrogens (tertiary/aromatic N) is 3. The van der Waals surface area contributed by atoms with Gasteiger partial charge in [0, 0.05) is 36.1 Å². The van der Waals surface area contributed by atoms with E-state index in [1.807, 2.05) is 7.05 Å². The van der Waals surface area contributed by atoms with Crippen LogP contribution in [0.15, 0.2) is 28.8 Å². The smallest absolute Gasteiger partial charge is 0.257 e. The zero-order valence-electron chi connectivity index (χ0n) is 14.1. The van der Waals surface area contributed by atoms with E-state index in [9.17, 15) is 9.18 Å². The fraction of sp³-hybridized carbons (Fsp3) is 0.500. The summed E-state index contributed by atoms with van der Waals surface area (Å²) in [6.07, 6.45) is 1.66. The summed E-state index contributed by atoms with van der Waals surface area (Å²) in [4.78, 5) is 18.7. The summed E-state index contributed by atoms with van der Waals surface area (Å²) in [5.74, 6) is 1.53. The molecular weight excluding hydrogens is 323 g/mol. The molecule has 1 N–H and O–H groups in total. The standard InChI is InChI=1S/C18H21FN4O2/c1-20-9-15-8-14(19)10-23(15)18(24)13-6-4-12(5-7-13)17-21-16(22-25-17)11-2-3-11/h4-7,11,14-15,20H,2-3,8-10H2,1H3/t14-,15-/m0/s1. The number of carbonyl (C=O) groups excluding carboxylic acids is 1. The van der Waals surface area contributed by atoms with Crippen LogP contribution >= 0.6 is 0 Å². The van der Waals surface area contributed by atoms with E-state index in [1.165, 1.54) is 0 Å². The average Bonchev–Trinajstić information content (AvgIpc) is 3.24. The molecule has 0 spiro atoms. The molecule has 2 aromatic rings. The third kappa shape index (κ3) is 3.28. The first-order valence-electron chi connectivity index (χ1n) is 8.69. The number of alkyl halides is 1. The Morgan fingerprint density at radius 2 is 2.12 bits per heavy atom. The summed E-state index contributed by atoms with van der Waals surface area (Å²) >= 11 is 0. The highest BCUT2D eigenvalue weighted by Gasteiger charge is 2.35. The molecule has 1 aromatic carbocycles. The van der Waals surface area contributed by atoms with Crippen LogP contribution in [0.3, 0.4) is 0 Å². The number of nitrogens with one attached hydrogen (secondary N) is 1. The molecule has 0 bridgehead atoms. The first-order valence-corrected chi connectivity index (χ1v) is 8.69. The van der Waals surface area contributed by atoms with Gasteiger partial charge < -0.3 is 14.7 Å². The molecule has 6 nitrogen and oxygen atoms in total. The Kier molecular flexibility index (Phi) is 4.25. The molecule has 1 amide bonds. The van der Waals surface area contributed by atoms with Gasteiger partial charge in [-0.3, -0.25) is 4.79 Å². The number of benzene rings is 1. The van der Waals surface area contributed by atoms with Gasteiger partial charge in [0.25, 0.3) is 11.8 Å². The van der Waals surface area contributed by atoms with Crippen molar-refractivity contribution in [1.29, 1.82) is 0 Å². The monoisotopic (exact) mass is 344 g/mol. The highest BCUT2D eigenvalue weighted by molar-refractivity contribution is 5.95. The van der Waals surface area contributed by atoms with Gasteiger partial charge in [-0.15, -0.1) is 0 Å². The van der Waals surface area contributed by atoms with Gasteiger partial charge >= 0.3 is 0 Å². The second-order valence-electron chi connectivity index (χ2n) is 6.81. The predicted molar refractivity (Wildman–Crippen MR) is 90.0 cm³/mol.